The molecule has 8 heteroatoms. The van der Waals surface area contributed by atoms with E-state index < -0.39 is 0 Å². The van der Waals surface area contributed by atoms with Gasteiger partial charge < -0.3 is 5.32 Å². The predicted molar refractivity (Wildman–Crippen MR) is 136 cm³/mol. The molecule has 0 radical (unpaired) electrons. The Bertz CT molecular complexity index is 1350. The third-order valence-corrected chi connectivity index (χ3v) is 6.13. The van der Waals surface area contributed by atoms with Crippen LogP contribution in [0.25, 0.3) is 5.69 Å². The van der Waals surface area contributed by atoms with Gasteiger partial charge in [0, 0.05) is 12.1 Å². The van der Waals surface area contributed by atoms with E-state index >= 15 is 0 Å². The van der Waals surface area contributed by atoms with Crippen LogP contribution in [0.2, 0.25) is 0 Å². The minimum atomic E-state index is -0.281. The Morgan fingerprint density at radius 3 is 2.38 bits per heavy atom. The van der Waals surface area contributed by atoms with E-state index in [0.717, 1.165) is 34.0 Å². The van der Waals surface area contributed by atoms with Crippen LogP contribution in [-0.2, 0) is 0 Å². The highest BCUT2D eigenvalue weighted by atomic mass is 32.1. The van der Waals surface area contributed by atoms with Crippen molar-refractivity contribution in [2.45, 2.75) is 26.3 Å². The standard InChI is InChI=1S/C26H23FN6S/c1-17-8-14-22(15-9-17)32-18(2)25(29-31-32)23-16-24(19-10-12-20(27)13-11-19)33(30-23)26(34)28-21-6-4-3-5-7-21/h3-15,24H,16H2,1-2H3,(H,28,34). The maximum Gasteiger partial charge on any atom is 0.194 e. The predicted octanol–water partition coefficient (Wildman–Crippen LogP) is 5.57. The van der Waals surface area contributed by atoms with Crippen LogP contribution in [0.15, 0.2) is 84.0 Å². The molecular formula is C26H23FN6S. The summed E-state index contributed by atoms with van der Waals surface area (Å²) in [6.45, 7) is 4.03. The summed E-state index contributed by atoms with van der Waals surface area (Å²) in [6, 6.07) is 24.1. The Labute approximate surface area is 202 Å². The van der Waals surface area contributed by atoms with E-state index in [1.54, 1.807) is 17.1 Å². The van der Waals surface area contributed by atoms with Crippen molar-refractivity contribution in [3.05, 3.63) is 107 Å². The topological polar surface area (TPSA) is 58.3 Å². The summed E-state index contributed by atoms with van der Waals surface area (Å²) in [5, 5.41) is 19.2. The zero-order valence-electron chi connectivity index (χ0n) is 18.8. The second-order valence-electron chi connectivity index (χ2n) is 8.23. The minimum Gasteiger partial charge on any atom is -0.331 e. The van der Waals surface area contributed by atoms with Crippen LogP contribution in [0, 0.1) is 19.7 Å². The first-order chi connectivity index (χ1) is 16.5. The number of hydrazone groups is 1. The lowest BCUT2D eigenvalue weighted by Gasteiger charge is -2.24. The van der Waals surface area contributed by atoms with Gasteiger partial charge in [0.1, 0.15) is 11.5 Å². The van der Waals surface area contributed by atoms with Crippen LogP contribution in [0.3, 0.4) is 0 Å². The summed E-state index contributed by atoms with van der Waals surface area (Å²) in [7, 11) is 0. The number of nitrogens with zero attached hydrogens (tertiary/aromatic N) is 5. The lowest BCUT2D eigenvalue weighted by Crippen LogP contribution is -2.31. The molecule has 1 aliphatic rings. The van der Waals surface area contributed by atoms with Crippen molar-refractivity contribution in [1.29, 1.82) is 0 Å². The largest absolute Gasteiger partial charge is 0.331 e. The Morgan fingerprint density at radius 1 is 0.971 bits per heavy atom. The van der Waals surface area contributed by atoms with Gasteiger partial charge in [0.05, 0.1) is 23.1 Å². The van der Waals surface area contributed by atoms with Gasteiger partial charge in [-0.1, -0.05) is 53.2 Å². The molecule has 1 N–H and O–H groups in total. The van der Waals surface area contributed by atoms with Gasteiger partial charge in [-0.25, -0.2) is 14.1 Å². The number of benzene rings is 3. The van der Waals surface area contributed by atoms with Crippen LogP contribution in [0.5, 0.6) is 0 Å². The van der Waals surface area contributed by atoms with Crippen molar-refractivity contribution in [2.24, 2.45) is 5.10 Å². The van der Waals surface area contributed by atoms with Crippen LogP contribution in [0.4, 0.5) is 10.1 Å². The summed E-state index contributed by atoms with van der Waals surface area (Å²) in [4.78, 5) is 0. The molecule has 0 saturated carbocycles. The monoisotopic (exact) mass is 470 g/mol. The van der Waals surface area contributed by atoms with Crippen molar-refractivity contribution in [3.8, 4) is 5.69 Å². The van der Waals surface area contributed by atoms with Gasteiger partial charge in [-0.2, -0.15) is 5.10 Å². The highest BCUT2D eigenvalue weighted by molar-refractivity contribution is 7.80. The van der Waals surface area contributed by atoms with Gasteiger partial charge in [0.2, 0.25) is 0 Å². The Balaban J connectivity index is 1.49. The third kappa shape index (κ3) is 4.32. The molecule has 0 bridgehead atoms. The SMILES string of the molecule is Cc1ccc(-n2nnc(C3=NN(C(=S)Nc4ccccc4)C(c4ccc(F)cc4)C3)c2C)cc1. The molecule has 0 spiro atoms. The van der Waals surface area contributed by atoms with Gasteiger partial charge in [-0.15, -0.1) is 5.10 Å². The van der Waals surface area contributed by atoms with Gasteiger partial charge in [0.25, 0.3) is 0 Å². The summed E-state index contributed by atoms with van der Waals surface area (Å²) in [5.74, 6) is -0.281. The number of rotatable bonds is 4. The smallest absolute Gasteiger partial charge is 0.194 e. The molecule has 2 heterocycles. The van der Waals surface area contributed by atoms with Gasteiger partial charge in [-0.05, 0) is 68.0 Å². The number of hydrogen-bond donors (Lipinski definition) is 1. The zero-order chi connectivity index (χ0) is 23.7. The van der Waals surface area contributed by atoms with Crippen molar-refractivity contribution in [2.75, 3.05) is 5.32 Å². The van der Waals surface area contributed by atoms with Crippen LogP contribution < -0.4 is 5.32 Å². The molecule has 0 aliphatic carbocycles. The summed E-state index contributed by atoms with van der Waals surface area (Å²) in [5.41, 5.74) is 6.30. The number of thiocarbonyl (C=S) groups is 1. The van der Waals surface area contributed by atoms with E-state index in [1.165, 1.54) is 17.7 Å². The molecule has 1 atom stereocenters. The molecule has 3 aromatic carbocycles. The van der Waals surface area contributed by atoms with E-state index in [2.05, 4.69) is 15.6 Å². The number of nitrogens with one attached hydrogen (secondary N) is 1. The van der Waals surface area contributed by atoms with Crippen LogP contribution in [0.1, 0.15) is 35.0 Å². The van der Waals surface area contributed by atoms with E-state index in [1.807, 2.05) is 73.1 Å². The molecule has 34 heavy (non-hydrogen) atoms. The Hall–Kier alpha value is -3.91. The van der Waals surface area contributed by atoms with Gasteiger partial charge in [-0.3, -0.25) is 0 Å². The Morgan fingerprint density at radius 2 is 1.68 bits per heavy atom. The van der Waals surface area contributed by atoms with Crippen molar-refractivity contribution < 1.29 is 4.39 Å². The number of aromatic nitrogens is 3. The molecule has 0 saturated heterocycles. The normalized spacial score (nSPS) is 15.3. The first-order valence-electron chi connectivity index (χ1n) is 11.0. The molecule has 5 rings (SSSR count). The highest BCUT2D eigenvalue weighted by Crippen LogP contribution is 2.34. The molecule has 170 valence electrons. The van der Waals surface area contributed by atoms with E-state index in [-0.39, 0.29) is 11.9 Å². The van der Waals surface area contributed by atoms with Crippen molar-refractivity contribution in [3.63, 3.8) is 0 Å². The molecule has 1 aromatic heterocycles. The fourth-order valence-electron chi connectivity index (χ4n) is 4.01. The second-order valence-corrected chi connectivity index (χ2v) is 8.62. The summed E-state index contributed by atoms with van der Waals surface area (Å²) in [6.07, 6.45) is 0.565. The molecule has 6 nitrogen and oxygen atoms in total. The summed E-state index contributed by atoms with van der Waals surface area (Å²) < 4.78 is 15.4. The molecular weight excluding hydrogens is 447 g/mol. The molecule has 1 unspecified atom stereocenters. The van der Waals surface area contributed by atoms with E-state index in [9.17, 15) is 4.39 Å². The highest BCUT2D eigenvalue weighted by Gasteiger charge is 2.33. The van der Waals surface area contributed by atoms with Crippen molar-refractivity contribution >= 4 is 28.7 Å². The molecule has 0 fully saturated rings. The number of hydrogen-bond acceptors (Lipinski definition) is 4. The number of para-hydroxylation sites is 1. The van der Waals surface area contributed by atoms with E-state index in [4.69, 9.17) is 17.3 Å². The first kappa shape index (κ1) is 21.9. The minimum absolute atomic E-state index is 0.191. The number of aryl methyl sites for hydroxylation is 1. The summed E-state index contributed by atoms with van der Waals surface area (Å²) >= 11 is 5.72. The van der Waals surface area contributed by atoms with Gasteiger partial charge in [0.15, 0.2) is 5.11 Å². The maximum absolute atomic E-state index is 13.6. The first-order valence-corrected chi connectivity index (χ1v) is 11.4. The van der Waals surface area contributed by atoms with Gasteiger partial charge >= 0.3 is 0 Å². The molecule has 1 aliphatic heterocycles. The van der Waals surface area contributed by atoms with Crippen molar-refractivity contribution in [1.82, 2.24) is 20.0 Å². The fourth-order valence-corrected chi connectivity index (χ4v) is 4.30. The van der Waals surface area contributed by atoms with Crippen LogP contribution >= 0.6 is 12.2 Å². The number of anilines is 1. The number of halogens is 1. The second kappa shape index (κ2) is 9.15. The Kier molecular flexibility index (Phi) is 5.90. The zero-order valence-corrected chi connectivity index (χ0v) is 19.6. The molecule has 0 amide bonds. The average molecular weight is 471 g/mol. The third-order valence-electron chi connectivity index (χ3n) is 5.84. The van der Waals surface area contributed by atoms with Crippen LogP contribution in [-0.4, -0.2) is 30.8 Å². The lowest BCUT2D eigenvalue weighted by molar-refractivity contribution is 0.375. The fraction of sp³-hybridized carbons (Fsp3) is 0.154. The van der Waals surface area contributed by atoms with E-state index in [0.29, 0.717) is 11.5 Å². The average Bonchev–Trinajstić information content (AvgIpc) is 3.45. The maximum atomic E-state index is 13.6. The lowest BCUT2D eigenvalue weighted by atomic mass is 10.0. The quantitative estimate of drug-likeness (QED) is 0.395. The molecule has 4 aromatic rings.